The largest absolute Gasteiger partial charge is 0.342 e. The fraction of sp³-hybridized carbons (Fsp3) is 0.409. The van der Waals surface area contributed by atoms with Crippen molar-refractivity contribution in [3.05, 3.63) is 50.1 Å². The summed E-state index contributed by atoms with van der Waals surface area (Å²) in [6.45, 7) is 5.60. The summed E-state index contributed by atoms with van der Waals surface area (Å²) in [4.78, 5) is 34.8. The zero-order valence-electron chi connectivity index (χ0n) is 17.1. The molecular weight excluding hydrogens is 438 g/mol. The van der Waals surface area contributed by atoms with Gasteiger partial charge in [-0.15, -0.1) is 11.3 Å². The summed E-state index contributed by atoms with van der Waals surface area (Å²) in [5, 5.41) is 1.80. The Morgan fingerprint density at radius 3 is 2.47 bits per heavy atom. The number of amides is 1. The number of rotatable bonds is 4. The molecule has 0 radical (unpaired) electrons. The number of carbonyl (C=O) groups is 1. The van der Waals surface area contributed by atoms with E-state index in [0.717, 1.165) is 41.2 Å². The number of likely N-dealkylation sites (tertiary alicyclic amines) is 1. The quantitative estimate of drug-likeness (QED) is 0.395. The van der Waals surface area contributed by atoms with Gasteiger partial charge in [0, 0.05) is 23.0 Å². The number of benzene rings is 1. The van der Waals surface area contributed by atoms with Crippen LogP contribution in [-0.2, 0) is 4.79 Å². The summed E-state index contributed by atoms with van der Waals surface area (Å²) >= 11 is 8.91. The number of halogens is 1. The molecule has 0 bridgehead atoms. The van der Waals surface area contributed by atoms with Crippen LogP contribution in [0.3, 0.4) is 0 Å². The normalized spacial score (nSPS) is 14.8. The van der Waals surface area contributed by atoms with Crippen molar-refractivity contribution in [2.75, 3.05) is 18.8 Å². The second kappa shape index (κ2) is 9.12. The highest BCUT2D eigenvalue weighted by Crippen LogP contribution is 2.30. The minimum absolute atomic E-state index is 0.103. The van der Waals surface area contributed by atoms with Gasteiger partial charge in [-0.25, -0.2) is 4.98 Å². The van der Waals surface area contributed by atoms with E-state index in [1.54, 1.807) is 16.7 Å². The van der Waals surface area contributed by atoms with E-state index < -0.39 is 0 Å². The molecule has 0 unspecified atom stereocenters. The molecule has 0 saturated carbocycles. The van der Waals surface area contributed by atoms with Gasteiger partial charge in [0.1, 0.15) is 4.83 Å². The summed E-state index contributed by atoms with van der Waals surface area (Å²) < 4.78 is 1.61. The fourth-order valence-electron chi connectivity index (χ4n) is 3.73. The molecule has 1 amide bonds. The summed E-state index contributed by atoms with van der Waals surface area (Å²) in [6, 6.07) is 7.14. The highest BCUT2D eigenvalue weighted by Gasteiger charge is 2.21. The molecule has 5 nitrogen and oxygen atoms in total. The first-order valence-corrected chi connectivity index (χ1v) is 12.3. The molecule has 2 aromatic heterocycles. The Labute approximate surface area is 189 Å². The Morgan fingerprint density at radius 1 is 1.13 bits per heavy atom. The maximum Gasteiger partial charge on any atom is 0.267 e. The standard InChI is InChI=1S/C22H24ClN3O2S2/c1-14-15(2)30-20-19(14)21(28)26(17-9-7-16(23)8-10-17)22(24-20)29-13-18(27)25-11-5-3-4-6-12-25/h7-10H,3-6,11-13H2,1-2H3. The van der Waals surface area contributed by atoms with Crippen molar-refractivity contribution in [1.82, 2.24) is 14.5 Å². The molecule has 8 heteroatoms. The average Bonchev–Trinajstić information content (AvgIpc) is 2.91. The maximum absolute atomic E-state index is 13.4. The predicted octanol–water partition coefficient (Wildman–Crippen LogP) is 5.21. The van der Waals surface area contributed by atoms with Crippen molar-refractivity contribution in [2.24, 2.45) is 0 Å². The molecule has 1 aliphatic rings. The van der Waals surface area contributed by atoms with Crippen molar-refractivity contribution < 1.29 is 4.79 Å². The number of thioether (sulfide) groups is 1. The Balaban J connectivity index is 1.72. The molecule has 0 N–H and O–H groups in total. The first-order valence-electron chi connectivity index (χ1n) is 10.1. The van der Waals surface area contributed by atoms with Crippen molar-refractivity contribution >= 4 is 50.8 Å². The lowest BCUT2D eigenvalue weighted by atomic mass is 10.2. The lowest BCUT2D eigenvalue weighted by Gasteiger charge is -2.20. The van der Waals surface area contributed by atoms with E-state index in [1.165, 1.54) is 35.9 Å². The van der Waals surface area contributed by atoms with Gasteiger partial charge in [0.25, 0.3) is 5.56 Å². The molecule has 1 saturated heterocycles. The van der Waals surface area contributed by atoms with Crippen molar-refractivity contribution in [3.8, 4) is 5.69 Å². The second-order valence-electron chi connectivity index (χ2n) is 7.56. The first kappa shape index (κ1) is 21.4. The number of hydrogen-bond acceptors (Lipinski definition) is 5. The van der Waals surface area contributed by atoms with Gasteiger partial charge in [0.2, 0.25) is 5.91 Å². The summed E-state index contributed by atoms with van der Waals surface area (Å²) in [7, 11) is 0. The number of fused-ring (bicyclic) bond motifs is 1. The zero-order valence-corrected chi connectivity index (χ0v) is 19.5. The van der Waals surface area contributed by atoms with E-state index in [1.807, 2.05) is 30.9 Å². The average molecular weight is 462 g/mol. The monoisotopic (exact) mass is 461 g/mol. The highest BCUT2D eigenvalue weighted by molar-refractivity contribution is 7.99. The van der Waals surface area contributed by atoms with Crippen LogP contribution in [0.2, 0.25) is 5.02 Å². The third kappa shape index (κ3) is 4.29. The number of aryl methyl sites for hydroxylation is 2. The van der Waals surface area contributed by atoms with E-state index >= 15 is 0 Å². The van der Waals surface area contributed by atoms with Gasteiger partial charge >= 0.3 is 0 Å². The molecule has 0 aliphatic carbocycles. The predicted molar refractivity (Wildman–Crippen MR) is 125 cm³/mol. The van der Waals surface area contributed by atoms with Crippen LogP contribution in [0.5, 0.6) is 0 Å². The van der Waals surface area contributed by atoms with Crippen LogP contribution in [0, 0.1) is 13.8 Å². The molecule has 0 spiro atoms. The summed E-state index contributed by atoms with van der Waals surface area (Å²) in [5.41, 5.74) is 1.56. The van der Waals surface area contributed by atoms with Crippen LogP contribution in [0.4, 0.5) is 0 Å². The third-order valence-corrected chi connectivity index (χ3v) is 7.82. The van der Waals surface area contributed by atoms with E-state index in [0.29, 0.717) is 21.3 Å². The zero-order chi connectivity index (χ0) is 21.3. The molecule has 1 aliphatic heterocycles. The summed E-state index contributed by atoms with van der Waals surface area (Å²) in [6.07, 6.45) is 4.48. The lowest BCUT2D eigenvalue weighted by molar-refractivity contribution is -0.128. The Hall–Kier alpha value is -1.83. The van der Waals surface area contributed by atoms with Crippen molar-refractivity contribution in [1.29, 1.82) is 0 Å². The van der Waals surface area contributed by atoms with E-state index in [2.05, 4.69) is 0 Å². The van der Waals surface area contributed by atoms with Crippen LogP contribution in [0.15, 0.2) is 34.2 Å². The minimum Gasteiger partial charge on any atom is -0.342 e. The van der Waals surface area contributed by atoms with Gasteiger partial charge in [-0.3, -0.25) is 14.2 Å². The van der Waals surface area contributed by atoms with Gasteiger partial charge in [0.05, 0.1) is 16.8 Å². The number of nitrogens with zero attached hydrogens (tertiary/aromatic N) is 3. The Morgan fingerprint density at radius 2 is 1.80 bits per heavy atom. The van der Waals surface area contributed by atoms with E-state index in [4.69, 9.17) is 16.6 Å². The SMILES string of the molecule is Cc1sc2nc(SCC(=O)N3CCCCCC3)n(-c3ccc(Cl)cc3)c(=O)c2c1C. The van der Waals surface area contributed by atoms with Gasteiger partial charge < -0.3 is 4.90 Å². The van der Waals surface area contributed by atoms with E-state index in [-0.39, 0.29) is 17.2 Å². The number of hydrogen-bond donors (Lipinski definition) is 0. The number of carbonyl (C=O) groups excluding carboxylic acids is 1. The molecule has 0 atom stereocenters. The van der Waals surface area contributed by atoms with Crippen LogP contribution in [-0.4, -0.2) is 39.2 Å². The Bertz CT molecular complexity index is 1130. The van der Waals surface area contributed by atoms with Crippen LogP contribution < -0.4 is 5.56 Å². The molecule has 158 valence electrons. The fourth-order valence-corrected chi connectivity index (χ4v) is 5.84. The second-order valence-corrected chi connectivity index (χ2v) is 10.1. The topological polar surface area (TPSA) is 55.2 Å². The molecule has 30 heavy (non-hydrogen) atoms. The van der Waals surface area contributed by atoms with Crippen molar-refractivity contribution in [3.63, 3.8) is 0 Å². The molecule has 3 heterocycles. The van der Waals surface area contributed by atoms with Crippen LogP contribution >= 0.6 is 34.7 Å². The van der Waals surface area contributed by atoms with Gasteiger partial charge in [-0.1, -0.05) is 36.2 Å². The third-order valence-electron chi connectivity index (χ3n) is 5.54. The highest BCUT2D eigenvalue weighted by atomic mass is 35.5. The van der Waals surface area contributed by atoms with Crippen LogP contribution in [0.1, 0.15) is 36.1 Å². The minimum atomic E-state index is -0.103. The van der Waals surface area contributed by atoms with Crippen LogP contribution in [0.25, 0.3) is 15.9 Å². The van der Waals surface area contributed by atoms with E-state index in [9.17, 15) is 9.59 Å². The number of thiophene rings is 1. The number of aromatic nitrogens is 2. The Kier molecular flexibility index (Phi) is 6.51. The van der Waals surface area contributed by atoms with Crippen molar-refractivity contribution in [2.45, 2.75) is 44.7 Å². The molecule has 4 rings (SSSR count). The molecule has 3 aromatic rings. The molecular formula is C22H24ClN3O2S2. The lowest BCUT2D eigenvalue weighted by Crippen LogP contribution is -2.33. The first-order chi connectivity index (χ1) is 14.5. The smallest absolute Gasteiger partial charge is 0.267 e. The maximum atomic E-state index is 13.4. The summed E-state index contributed by atoms with van der Waals surface area (Å²) in [5.74, 6) is 0.381. The van der Waals surface area contributed by atoms with Gasteiger partial charge in [-0.05, 0) is 56.5 Å². The van der Waals surface area contributed by atoms with Gasteiger partial charge in [-0.2, -0.15) is 0 Å². The molecule has 1 aromatic carbocycles. The van der Waals surface area contributed by atoms with Gasteiger partial charge in [0.15, 0.2) is 5.16 Å². The molecule has 1 fully saturated rings.